The number of amides is 2. The van der Waals surface area contributed by atoms with E-state index in [1.807, 2.05) is 30.2 Å². The molecule has 0 saturated heterocycles. The van der Waals surface area contributed by atoms with Gasteiger partial charge in [-0.05, 0) is 30.5 Å². The first kappa shape index (κ1) is 15.6. The molecule has 0 atom stereocenters. The average molecular weight is 284 g/mol. The zero-order valence-electron chi connectivity index (χ0n) is 11.2. The second kappa shape index (κ2) is 7.88. The molecule has 0 radical (unpaired) electrons. The van der Waals surface area contributed by atoms with E-state index < -0.39 is 0 Å². The Morgan fingerprint density at radius 1 is 1.42 bits per heavy atom. The number of hydrogen-bond donors (Lipinski definition) is 3. The summed E-state index contributed by atoms with van der Waals surface area (Å²) in [6.45, 7) is 6.10. The monoisotopic (exact) mass is 284 g/mol. The molecule has 6 nitrogen and oxygen atoms in total. The number of likely N-dealkylation sites (N-methyl/N-ethyl adjacent to an activating group) is 2. The van der Waals surface area contributed by atoms with Gasteiger partial charge in [-0.2, -0.15) is 0 Å². The summed E-state index contributed by atoms with van der Waals surface area (Å²) in [5.41, 5.74) is 3.02. The Bertz CT molecular complexity index is 433. The lowest BCUT2D eigenvalue weighted by atomic mass is 10.2. The minimum Gasteiger partial charge on any atom is -0.355 e. The summed E-state index contributed by atoms with van der Waals surface area (Å²) >= 11 is 1.34. The highest BCUT2D eigenvalue weighted by Crippen LogP contribution is 2.18. The van der Waals surface area contributed by atoms with Gasteiger partial charge in [-0.25, -0.2) is 5.84 Å². The fraction of sp³-hybridized carbons (Fsp3) is 0.500. The normalized spacial score (nSPS) is 10.5. The van der Waals surface area contributed by atoms with Crippen molar-refractivity contribution in [3.63, 3.8) is 0 Å². The van der Waals surface area contributed by atoms with Crippen LogP contribution in [0.25, 0.3) is 0 Å². The molecule has 0 unspecified atom stereocenters. The van der Waals surface area contributed by atoms with Crippen LogP contribution in [-0.2, 0) is 11.3 Å². The first-order chi connectivity index (χ1) is 9.12. The van der Waals surface area contributed by atoms with Crippen molar-refractivity contribution in [1.82, 2.24) is 15.6 Å². The summed E-state index contributed by atoms with van der Waals surface area (Å²) in [5, 5.41) is 4.61. The predicted molar refractivity (Wildman–Crippen MR) is 75.6 cm³/mol. The number of nitrogens with one attached hydrogen (secondary N) is 2. The standard InChI is InChI=1S/C12H20N4O2S/c1-3-14-10(17)8-16(4-2)7-9-5-6-19-11(9)12(18)15-13/h5-6H,3-4,7-8,13H2,1-2H3,(H,14,17)(H,15,18). The van der Waals surface area contributed by atoms with Crippen molar-refractivity contribution in [2.24, 2.45) is 5.84 Å². The topological polar surface area (TPSA) is 87.5 Å². The fourth-order valence-electron chi connectivity index (χ4n) is 1.70. The molecule has 4 N–H and O–H groups in total. The Kier molecular flexibility index (Phi) is 6.48. The number of rotatable bonds is 7. The third kappa shape index (κ3) is 4.62. The van der Waals surface area contributed by atoms with Crippen LogP contribution in [0.3, 0.4) is 0 Å². The molecule has 0 aliphatic heterocycles. The van der Waals surface area contributed by atoms with Crippen LogP contribution in [0.4, 0.5) is 0 Å². The minimum absolute atomic E-state index is 0.00981. The second-order valence-electron chi connectivity index (χ2n) is 4.01. The van der Waals surface area contributed by atoms with E-state index in [1.54, 1.807) is 0 Å². The highest BCUT2D eigenvalue weighted by atomic mass is 32.1. The molecular formula is C12H20N4O2S. The molecule has 0 aliphatic carbocycles. The van der Waals surface area contributed by atoms with E-state index in [1.165, 1.54) is 11.3 Å². The van der Waals surface area contributed by atoms with Crippen molar-refractivity contribution in [3.8, 4) is 0 Å². The highest BCUT2D eigenvalue weighted by molar-refractivity contribution is 7.12. The molecule has 1 heterocycles. The second-order valence-corrected chi connectivity index (χ2v) is 4.92. The molecule has 19 heavy (non-hydrogen) atoms. The zero-order chi connectivity index (χ0) is 14.3. The van der Waals surface area contributed by atoms with Crippen molar-refractivity contribution in [1.29, 1.82) is 0 Å². The van der Waals surface area contributed by atoms with Gasteiger partial charge in [0.25, 0.3) is 5.91 Å². The van der Waals surface area contributed by atoms with Crippen LogP contribution in [0.15, 0.2) is 11.4 Å². The van der Waals surface area contributed by atoms with Gasteiger partial charge in [0.2, 0.25) is 5.91 Å². The smallest absolute Gasteiger partial charge is 0.275 e. The van der Waals surface area contributed by atoms with Crippen molar-refractivity contribution < 1.29 is 9.59 Å². The van der Waals surface area contributed by atoms with Gasteiger partial charge in [-0.15, -0.1) is 11.3 Å². The predicted octanol–water partition coefficient (Wildman–Crippen LogP) is 0.310. The molecule has 0 aromatic carbocycles. The van der Waals surface area contributed by atoms with Crippen molar-refractivity contribution >= 4 is 23.2 Å². The zero-order valence-corrected chi connectivity index (χ0v) is 12.0. The van der Waals surface area contributed by atoms with E-state index >= 15 is 0 Å². The summed E-state index contributed by atoms with van der Waals surface area (Å²) in [4.78, 5) is 25.7. The molecule has 7 heteroatoms. The van der Waals surface area contributed by atoms with Crippen LogP contribution < -0.4 is 16.6 Å². The van der Waals surface area contributed by atoms with Gasteiger partial charge in [-0.1, -0.05) is 6.92 Å². The maximum atomic E-state index is 11.6. The van der Waals surface area contributed by atoms with Gasteiger partial charge in [0, 0.05) is 13.1 Å². The van der Waals surface area contributed by atoms with Crippen LogP contribution in [0.1, 0.15) is 29.1 Å². The number of carbonyl (C=O) groups excluding carboxylic acids is 2. The van der Waals surface area contributed by atoms with Crippen molar-refractivity contribution in [3.05, 3.63) is 21.9 Å². The Morgan fingerprint density at radius 3 is 2.74 bits per heavy atom. The average Bonchev–Trinajstić information content (AvgIpc) is 2.85. The van der Waals surface area contributed by atoms with Crippen LogP contribution >= 0.6 is 11.3 Å². The van der Waals surface area contributed by atoms with E-state index in [0.717, 1.165) is 12.1 Å². The third-order valence-corrected chi connectivity index (χ3v) is 3.62. The number of carbonyl (C=O) groups is 2. The van der Waals surface area contributed by atoms with E-state index in [-0.39, 0.29) is 11.8 Å². The van der Waals surface area contributed by atoms with E-state index in [2.05, 4.69) is 10.7 Å². The Labute approximate surface area is 116 Å². The van der Waals surface area contributed by atoms with Gasteiger partial charge in [-0.3, -0.25) is 19.9 Å². The lowest BCUT2D eigenvalue weighted by Gasteiger charge is -2.19. The van der Waals surface area contributed by atoms with Crippen LogP contribution in [-0.4, -0.2) is 36.3 Å². The lowest BCUT2D eigenvalue weighted by molar-refractivity contribution is -0.122. The third-order valence-electron chi connectivity index (χ3n) is 2.67. The SMILES string of the molecule is CCNC(=O)CN(CC)Cc1ccsc1C(=O)NN. The summed E-state index contributed by atoms with van der Waals surface area (Å²) in [5.74, 6) is 4.84. The van der Waals surface area contributed by atoms with E-state index in [4.69, 9.17) is 5.84 Å². The van der Waals surface area contributed by atoms with Gasteiger partial charge < -0.3 is 5.32 Å². The number of hydrogen-bond acceptors (Lipinski definition) is 5. The molecule has 106 valence electrons. The van der Waals surface area contributed by atoms with Crippen LogP contribution in [0, 0.1) is 0 Å². The molecule has 1 aromatic rings. The van der Waals surface area contributed by atoms with Gasteiger partial charge >= 0.3 is 0 Å². The Morgan fingerprint density at radius 2 is 2.16 bits per heavy atom. The first-order valence-electron chi connectivity index (χ1n) is 6.18. The maximum Gasteiger partial charge on any atom is 0.275 e. The lowest BCUT2D eigenvalue weighted by Crippen LogP contribution is -2.37. The summed E-state index contributed by atoms with van der Waals surface area (Å²) in [6, 6.07) is 1.88. The van der Waals surface area contributed by atoms with Crippen molar-refractivity contribution in [2.45, 2.75) is 20.4 Å². The van der Waals surface area contributed by atoms with Gasteiger partial charge in [0.05, 0.1) is 11.4 Å². The minimum atomic E-state index is -0.293. The van der Waals surface area contributed by atoms with Crippen LogP contribution in [0.5, 0.6) is 0 Å². The molecule has 0 spiro atoms. The number of nitrogen functional groups attached to an aromatic ring is 1. The number of thiophene rings is 1. The van der Waals surface area contributed by atoms with Crippen molar-refractivity contribution in [2.75, 3.05) is 19.6 Å². The summed E-state index contributed by atoms with van der Waals surface area (Å²) < 4.78 is 0. The quantitative estimate of drug-likeness (QED) is 0.382. The molecule has 0 fully saturated rings. The molecule has 2 amide bonds. The Balaban J connectivity index is 2.68. The number of nitrogens with two attached hydrogens (primary N) is 1. The summed E-state index contributed by atoms with van der Waals surface area (Å²) in [7, 11) is 0. The molecular weight excluding hydrogens is 264 g/mol. The van der Waals surface area contributed by atoms with Gasteiger partial charge in [0.1, 0.15) is 0 Å². The highest BCUT2D eigenvalue weighted by Gasteiger charge is 2.15. The molecule has 0 aliphatic rings. The molecule has 0 saturated carbocycles. The maximum absolute atomic E-state index is 11.6. The van der Waals surface area contributed by atoms with E-state index in [0.29, 0.717) is 24.5 Å². The molecule has 1 rings (SSSR count). The van der Waals surface area contributed by atoms with E-state index in [9.17, 15) is 9.59 Å². The first-order valence-corrected chi connectivity index (χ1v) is 7.06. The molecule has 1 aromatic heterocycles. The molecule has 0 bridgehead atoms. The summed E-state index contributed by atoms with van der Waals surface area (Å²) in [6.07, 6.45) is 0. The number of hydrazine groups is 1. The van der Waals surface area contributed by atoms with Gasteiger partial charge in [0.15, 0.2) is 0 Å². The fourth-order valence-corrected chi connectivity index (χ4v) is 2.52. The Hall–Kier alpha value is -1.44. The number of nitrogens with zero attached hydrogens (tertiary/aromatic N) is 1. The largest absolute Gasteiger partial charge is 0.355 e. The van der Waals surface area contributed by atoms with Crippen LogP contribution in [0.2, 0.25) is 0 Å².